The Labute approximate surface area is 157 Å². The molecule has 0 saturated carbocycles. The second kappa shape index (κ2) is 10.4. The SMILES string of the molecule is CC=CC1CC(C(=O)OC(=O)C(F)(F)F)N(C[C@@H](CC)CCNC(C)=O)C1. The van der Waals surface area contributed by atoms with E-state index in [1.165, 1.54) is 6.92 Å². The second-order valence-corrected chi connectivity index (χ2v) is 6.74. The third kappa shape index (κ3) is 7.70. The van der Waals surface area contributed by atoms with Gasteiger partial charge in [0.1, 0.15) is 6.04 Å². The van der Waals surface area contributed by atoms with Gasteiger partial charge < -0.3 is 10.1 Å². The zero-order chi connectivity index (χ0) is 20.6. The number of nitrogens with zero attached hydrogens (tertiary/aromatic N) is 1. The van der Waals surface area contributed by atoms with Gasteiger partial charge in [-0.25, -0.2) is 9.59 Å². The number of esters is 2. The topological polar surface area (TPSA) is 75.7 Å². The van der Waals surface area contributed by atoms with Crippen molar-refractivity contribution in [3.8, 4) is 0 Å². The number of allylic oxidation sites excluding steroid dienone is 1. The smallest absolute Gasteiger partial charge is 0.385 e. The Hall–Kier alpha value is -1.90. The minimum Gasteiger partial charge on any atom is -0.385 e. The van der Waals surface area contributed by atoms with Crippen LogP contribution in [-0.4, -0.2) is 54.6 Å². The summed E-state index contributed by atoms with van der Waals surface area (Å²) in [6.07, 6.45) is 0.288. The number of likely N-dealkylation sites (tertiary alicyclic amines) is 1. The molecule has 1 heterocycles. The van der Waals surface area contributed by atoms with Crippen LogP contribution in [-0.2, 0) is 19.1 Å². The number of ether oxygens (including phenoxy) is 1. The van der Waals surface area contributed by atoms with Gasteiger partial charge in [-0.05, 0) is 31.6 Å². The van der Waals surface area contributed by atoms with Gasteiger partial charge >= 0.3 is 18.1 Å². The van der Waals surface area contributed by atoms with Crippen molar-refractivity contribution in [2.45, 2.75) is 52.3 Å². The summed E-state index contributed by atoms with van der Waals surface area (Å²) in [7, 11) is 0. The zero-order valence-electron chi connectivity index (χ0n) is 15.8. The number of hydrogen-bond acceptors (Lipinski definition) is 5. The number of carbonyl (C=O) groups is 3. The number of hydrogen-bond donors (Lipinski definition) is 1. The molecular formula is C18H27F3N2O4. The van der Waals surface area contributed by atoms with Crippen molar-refractivity contribution in [2.24, 2.45) is 11.8 Å². The minimum atomic E-state index is -5.20. The van der Waals surface area contributed by atoms with E-state index in [1.54, 1.807) is 4.90 Å². The molecule has 1 fully saturated rings. The first-order valence-corrected chi connectivity index (χ1v) is 9.02. The predicted octanol–water partition coefficient (Wildman–Crippen LogP) is 2.44. The summed E-state index contributed by atoms with van der Waals surface area (Å²) in [5, 5.41) is 2.71. The lowest BCUT2D eigenvalue weighted by molar-refractivity contribution is -0.203. The summed E-state index contributed by atoms with van der Waals surface area (Å²) in [6, 6.07) is -0.896. The molecule has 154 valence electrons. The van der Waals surface area contributed by atoms with Crippen LogP contribution in [0.4, 0.5) is 13.2 Å². The molecule has 0 aromatic carbocycles. The molecule has 1 N–H and O–H groups in total. The van der Waals surface area contributed by atoms with Crippen LogP contribution >= 0.6 is 0 Å². The number of nitrogens with one attached hydrogen (secondary N) is 1. The van der Waals surface area contributed by atoms with E-state index >= 15 is 0 Å². The first-order valence-electron chi connectivity index (χ1n) is 9.02. The first-order chi connectivity index (χ1) is 12.6. The monoisotopic (exact) mass is 392 g/mol. The number of alkyl halides is 3. The van der Waals surface area contributed by atoms with Crippen molar-refractivity contribution < 1.29 is 32.3 Å². The van der Waals surface area contributed by atoms with Crippen molar-refractivity contribution in [3.63, 3.8) is 0 Å². The highest BCUT2D eigenvalue weighted by molar-refractivity contribution is 5.91. The van der Waals surface area contributed by atoms with Gasteiger partial charge in [0.25, 0.3) is 0 Å². The highest BCUT2D eigenvalue weighted by Crippen LogP contribution is 2.28. The molecule has 27 heavy (non-hydrogen) atoms. The lowest BCUT2D eigenvalue weighted by atomic mass is 10.0. The van der Waals surface area contributed by atoms with E-state index in [2.05, 4.69) is 10.1 Å². The second-order valence-electron chi connectivity index (χ2n) is 6.74. The summed E-state index contributed by atoms with van der Waals surface area (Å²) in [5.41, 5.74) is 0. The van der Waals surface area contributed by atoms with Crippen LogP contribution in [0, 0.1) is 11.8 Å². The summed E-state index contributed by atoms with van der Waals surface area (Å²) in [5.74, 6) is -3.64. The van der Waals surface area contributed by atoms with Gasteiger partial charge in [-0.2, -0.15) is 13.2 Å². The van der Waals surface area contributed by atoms with Crippen LogP contribution in [0.15, 0.2) is 12.2 Å². The number of amides is 1. The number of rotatable bonds is 8. The van der Waals surface area contributed by atoms with E-state index in [1.807, 2.05) is 26.0 Å². The van der Waals surface area contributed by atoms with Crippen LogP contribution < -0.4 is 5.32 Å². The summed E-state index contributed by atoms with van der Waals surface area (Å²) >= 11 is 0. The molecule has 1 aliphatic heterocycles. The molecule has 1 rings (SSSR count). The van der Waals surface area contributed by atoms with Crippen LogP contribution in [0.5, 0.6) is 0 Å². The van der Waals surface area contributed by atoms with Gasteiger partial charge in [0.15, 0.2) is 0 Å². The van der Waals surface area contributed by atoms with Gasteiger partial charge in [-0.15, -0.1) is 0 Å². The Morgan fingerprint density at radius 2 is 2.00 bits per heavy atom. The van der Waals surface area contributed by atoms with Gasteiger partial charge in [0.05, 0.1) is 0 Å². The van der Waals surface area contributed by atoms with Gasteiger partial charge in [0.2, 0.25) is 5.91 Å². The number of halogens is 3. The van der Waals surface area contributed by atoms with Crippen molar-refractivity contribution in [2.75, 3.05) is 19.6 Å². The van der Waals surface area contributed by atoms with E-state index < -0.39 is 24.2 Å². The lowest BCUT2D eigenvalue weighted by Gasteiger charge is -2.27. The molecule has 0 aliphatic carbocycles. The highest BCUT2D eigenvalue weighted by Gasteiger charge is 2.45. The van der Waals surface area contributed by atoms with E-state index in [9.17, 15) is 27.6 Å². The third-order valence-corrected chi connectivity index (χ3v) is 4.59. The fourth-order valence-corrected chi connectivity index (χ4v) is 3.22. The average Bonchev–Trinajstić information content (AvgIpc) is 2.95. The predicted molar refractivity (Wildman–Crippen MR) is 92.5 cm³/mol. The Balaban J connectivity index is 2.78. The summed E-state index contributed by atoms with van der Waals surface area (Å²) in [6.45, 7) is 6.68. The maximum absolute atomic E-state index is 12.4. The summed E-state index contributed by atoms with van der Waals surface area (Å²) < 4.78 is 41.2. The fraction of sp³-hybridized carbons (Fsp3) is 0.722. The standard InChI is InChI=1S/C18H27F3N2O4/c1-4-6-14-9-15(16(25)27-17(26)18(19,20)21)23(11-14)10-13(5-2)7-8-22-12(3)24/h4,6,13-15H,5,7-11H2,1-3H3,(H,22,24)/t13-,14?,15?/m0/s1. The molecule has 1 aliphatic rings. The van der Waals surface area contributed by atoms with E-state index in [0.717, 1.165) is 6.42 Å². The molecule has 0 radical (unpaired) electrons. The van der Waals surface area contributed by atoms with E-state index in [0.29, 0.717) is 32.5 Å². The maximum atomic E-state index is 12.4. The van der Waals surface area contributed by atoms with Gasteiger partial charge in [-0.1, -0.05) is 25.5 Å². The molecule has 1 saturated heterocycles. The molecule has 0 aromatic rings. The largest absolute Gasteiger partial charge is 0.491 e. The zero-order valence-corrected chi connectivity index (χ0v) is 15.8. The van der Waals surface area contributed by atoms with Crippen LogP contribution in [0.2, 0.25) is 0 Å². The van der Waals surface area contributed by atoms with Crippen LogP contribution in [0.3, 0.4) is 0 Å². The normalized spacial score (nSPS) is 22.0. The lowest BCUT2D eigenvalue weighted by Crippen LogP contribution is -2.42. The number of carbonyl (C=O) groups excluding carboxylic acids is 3. The Morgan fingerprint density at radius 3 is 2.52 bits per heavy atom. The van der Waals surface area contributed by atoms with Crippen molar-refractivity contribution >= 4 is 17.8 Å². The van der Waals surface area contributed by atoms with Crippen molar-refractivity contribution in [1.29, 1.82) is 0 Å². The third-order valence-electron chi connectivity index (χ3n) is 4.59. The molecule has 9 heteroatoms. The molecule has 0 bridgehead atoms. The quantitative estimate of drug-likeness (QED) is 0.390. The van der Waals surface area contributed by atoms with Crippen LogP contribution in [0.1, 0.15) is 40.0 Å². The summed E-state index contributed by atoms with van der Waals surface area (Å²) in [4.78, 5) is 35.9. The molecular weight excluding hydrogens is 365 g/mol. The van der Waals surface area contributed by atoms with Gasteiger partial charge in [-0.3, -0.25) is 9.69 Å². The maximum Gasteiger partial charge on any atom is 0.491 e. The minimum absolute atomic E-state index is 0.00129. The molecule has 0 aromatic heterocycles. The molecule has 2 unspecified atom stereocenters. The van der Waals surface area contributed by atoms with Gasteiger partial charge in [0, 0.05) is 26.6 Å². The van der Waals surface area contributed by atoms with Crippen molar-refractivity contribution in [3.05, 3.63) is 12.2 Å². The Kier molecular flexibility index (Phi) is 8.95. The Morgan fingerprint density at radius 1 is 1.33 bits per heavy atom. The molecule has 0 spiro atoms. The Bertz CT molecular complexity index is 563. The molecule has 6 nitrogen and oxygen atoms in total. The van der Waals surface area contributed by atoms with E-state index in [4.69, 9.17) is 0 Å². The van der Waals surface area contributed by atoms with Crippen molar-refractivity contribution in [1.82, 2.24) is 10.2 Å². The molecule has 1 amide bonds. The highest BCUT2D eigenvalue weighted by atomic mass is 19.4. The van der Waals surface area contributed by atoms with Crippen LogP contribution in [0.25, 0.3) is 0 Å². The average molecular weight is 392 g/mol. The molecule has 3 atom stereocenters. The van der Waals surface area contributed by atoms with E-state index in [-0.39, 0.29) is 17.7 Å². The fourth-order valence-electron chi connectivity index (χ4n) is 3.22. The first kappa shape index (κ1) is 23.1.